The third-order valence-corrected chi connectivity index (χ3v) is 4.68. The van der Waals surface area contributed by atoms with E-state index in [-0.39, 0.29) is 0 Å². The van der Waals surface area contributed by atoms with Gasteiger partial charge in [-0.05, 0) is 59.0 Å². The van der Waals surface area contributed by atoms with E-state index >= 15 is 0 Å². The quantitative estimate of drug-likeness (QED) is 0.712. The fraction of sp³-hybridized carbons (Fsp3) is 0.200. The van der Waals surface area contributed by atoms with Crippen LogP contribution in [0.3, 0.4) is 0 Å². The van der Waals surface area contributed by atoms with Crippen LogP contribution in [0.25, 0.3) is 21.9 Å². The number of rotatable bonds is 2. The van der Waals surface area contributed by atoms with Gasteiger partial charge in [0.05, 0.1) is 0 Å². The first-order valence-corrected chi connectivity index (χ1v) is 7.65. The molecule has 3 aromatic rings. The first-order chi connectivity index (χ1) is 10.4. The van der Waals surface area contributed by atoms with Crippen LogP contribution in [-0.2, 0) is 6.42 Å². The zero-order chi connectivity index (χ0) is 14.2. The van der Waals surface area contributed by atoms with Crippen molar-refractivity contribution in [3.05, 3.63) is 71.8 Å². The van der Waals surface area contributed by atoms with Crippen molar-refractivity contribution < 1.29 is 0 Å². The van der Waals surface area contributed by atoms with Crippen molar-refractivity contribution in [2.45, 2.75) is 18.9 Å². The van der Waals surface area contributed by atoms with E-state index in [0.717, 1.165) is 0 Å². The van der Waals surface area contributed by atoms with E-state index in [9.17, 15) is 0 Å². The minimum absolute atomic E-state index is 0.514. The largest absolute Gasteiger partial charge is 0.313 e. The van der Waals surface area contributed by atoms with Gasteiger partial charge in [0.15, 0.2) is 0 Å². The summed E-state index contributed by atoms with van der Waals surface area (Å²) in [6.07, 6.45) is 2.38. The number of hydrogen-bond acceptors (Lipinski definition) is 1. The number of benzene rings is 3. The van der Waals surface area contributed by atoms with Crippen molar-refractivity contribution >= 4 is 10.8 Å². The molecule has 0 spiro atoms. The fourth-order valence-electron chi connectivity index (χ4n) is 3.58. The fourth-order valence-corrected chi connectivity index (χ4v) is 3.58. The van der Waals surface area contributed by atoms with Gasteiger partial charge in [-0.1, -0.05) is 54.6 Å². The maximum absolute atomic E-state index is 3.43. The highest BCUT2D eigenvalue weighted by Gasteiger charge is 2.23. The van der Waals surface area contributed by atoms with Gasteiger partial charge >= 0.3 is 0 Å². The molecule has 0 bridgehead atoms. The Morgan fingerprint density at radius 3 is 2.62 bits per heavy atom. The van der Waals surface area contributed by atoms with Crippen LogP contribution in [-0.4, -0.2) is 7.05 Å². The second kappa shape index (κ2) is 5.01. The summed E-state index contributed by atoms with van der Waals surface area (Å²) in [4.78, 5) is 0. The molecule has 1 aliphatic rings. The van der Waals surface area contributed by atoms with Crippen molar-refractivity contribution in [3.8, 4) is 11.1 Å². The van der Waals surface area contributed by atoms with Crippen molar-refractivity contribution in [2.24, 2.45) is 0 Å². The topological polar surface area (TPSA) is 12.0 Å². The monoisotopic (exact) mass is 273 g/mol. The van der Waals surface area contributed by atoms with E-state index in [1.54, 1.807) is 0 Å². The normalized spacial score (nSPS) is 17.1. The SMILES string of the molecule is CNC1CCc2c(-c3ccc4ccccc4c3)cccc21. The molecule has 0 radical (unpaired) electrons. The van der Waals surface area contributed by atoms with Crippen LogP contribution in [0.4, 0.5) is 0 Å². The molecule has 0 heterocycles. The Kier molecular flexibility index (Phi) is 3.01. The number of nitrogens with one attached hydrogen (secondary N) is 1. The Morgan fingerprint density at radius 2 is 1.76 bits per heavy atom. The minimum Gasteiger partial charge on any atom is -0.313 e. The van der Waals surface area contributed by atoms with Gasteiger partial charge in [0, 0.05) is 6.04 Å². The average Bonchev–Trinajstić information content (AvgIpc) is 2.97. The van der Waals surface area contributed by atoms with Crippen molar-refractivity contribution in [3.63, 3.8) is 0 Å². The molecule has 1 atom stereocenters. The van der Waals surface area contributed by atoms with Gasteiger partial charge in [-0.2, -0.15) is 0 Å². The van der Waals surface area contributed by atoms with Gasteiger partial charge < -0.3 is 5.32 Å². The van der Waals surface area contributed by atoms with Crippen LogP contribution in [0, 0.1) is 0 Å². The summed E-state index contributed by atoms with van der Waals surface area (Å²) in [6, 6.07) is 22.6. The number of hydrogen-bond donors (Lipinski definition) is 1. The van der Waals surface area contributed by atoms with Crippen LogP contribution >= 0.6 is 0 Å². The zero-order valence-electron chi connectivity index (χ0n) is 12.3. The molecule has 21 heavy (non-hydrogen) atoms. The lowest BCUT2D eigenvalue weighted by molar-refractivity contribution is 0.590. The van der Waals surface area contributed by atoms with E-state index in [1.165, 1.54) is 45.9 Å². The van der Waals surface area contributed by atoms with E-state index in [1.807, 2.05) is 0 Å². The first kappa shape index (κ1) is 12.6. The summed E-state index contributed by atoms with van der Waals surface area (Å²) in [5.41, 5.74) is 5.73. The molecular weight excluding hydrogens is 254 g/mol. The van der Waals surface area contributed by atoms with Crippen LogP contribution in [0.5, 0.6) is 0 Å². The summed E-state index contributed by atoms with van der Waals surface area (Å²) >= 11 is 0. The molecule has 4 rings (SSSR count). The predicted molar refractivity (Wildman–Crippen MR) is 89.5 cm³/mol. The second-order valence-corrected chi connectivity index (χ2v) is 5.82. The van der Waals surface area contributed by atoms with Crippen LogP contribution in [0.15, 0.2) is 60.7 Å². The molecule has 1 N–H and O–H groups in total. The van der Waals surface area contributed by atoms with Gasteiger partial charge in [-0.15, -0.1) is 0 Å². The Balaban J connectivity index is 1.88. The van der Waals surface area contributed by atoms with Gasteiger partial charge in [0.1, 0.15) is 0 Å². The highest BCUT2D eigenvalue weighted by molar-refractivity contribution is 5.88. The highest BCUT2D eigenvalue weighted by atomic mass is 14.9. The maximum atomic E-state index is 3.43. The second-order valence-electron chi connectivity index (χ2n) is 5.82. The van der Waals surface area contributed by atoms with E-state index < -0.39 is 0 Å². The lowest BCUT2D eigenvalue weighted by Crippen LogP contribution is -2.12. The van der Waals surface area contributed by atoms with Gasteiger partial charge in [0.25, 0.3) is 0 Å². The summed E-state index contributed by atoms with van der Waals surface area (Å²) in [7, 11) is 2.06. The van der Waals surface area contributed by atoms with Crippen LogP contribution in [0.2, 0.25) is 0 Å². The molecule has 0 saturated carbocycles. The molecule has 104 valence electrons. The third-order valence-electron chi connectivity index (χ3n) is 4.68. The Hall–Kier alpha value is -2.12. The predicted octanol–water partition coefficient (Wildman–Crippen LogP) is 4.71. The molecule has 0 saturated heterocycles. The maximum Gasteiger partial charge on any atom is 0.0323 e. The Labute approximate surface area is 125 Å². The van der Waals surface area contributed by atoms with Crippen LogP contribution < -0.4 is 5.32 Å². The lowest BCUT2D eigenvalue weighted by atomic mass is 9.95. The molecule has 1 nitrogen and oxygen atoms in total. The van der Waals surface area contributed by atoms with Gasteiger partial charge in [0.2, 0.25) is 0 Å². The van der Waals surface area contributed by atoms with Crippen molar-refractivity contribution in [1.82, 2.24) is 5.32 Å². The lowest BCUT2D eigenvalue weighted by Gasteiger charge is -2.13. The van der Waals surface area contributed by atoms with E-state index in [4.69, 9.17) is 0 Å². The van der Waals surface area contributed by atoms with E-state index in [2.05, 4.69) is 73.0 Å². The summed E-state index contributed by atoms with van der Waals surface area (Å²) in [5, 5.41) is 6.05. The first-order valence-electron chi connectivity index (χ1n) is 7.65. The summed E-state index contributed by atoms with van der Waals surface area (Å²) in [6.45, 7) is 0. The Bertz CT molecular complexity index is 804. The van der Waals surface area contributed by atoms with Crippen LogP contribution in [0.1, 0.15) is 23.6 Å². The highest BCUT2D eigenvalue weighted by Crippen LogP contribution is 2.38. The Morgan fingerprint density at radius 1 is 0.905 bits per heavy atom. The van der Waals surface area contributed by atoms with Gasteiger partial charge in [-0.25, -0.2) is 0 Å². The molecule has 0 fully saturated rings. The summed E-state index contributed by atoms with van der Waals surface area (Å²) in [5.74, 6) is 0. The molecule has 0 amide bonds. The van der Waals surface area contributed by atoms with Crippen molar-refractivity contribution in [1.29, 1.82) is 0 Å². The molecule has 1 heteroatoms. The summed E-state index contributed by atoms with van der Waals surface area (Å²) < 4.78 is 0. The van der Waals surface area contributed by atoms with E-state index in [0.29, 0.717) is 6.04 Å². The zero-order valence-corrected chi connectivity index (χ0v) is 12.3. The minimum atomic E-state index is 0.514. The molecule has 3 aromatic carbocycles. The number of fused-ring (bicyclic) bond motifs is 2. The molecule has 0 aromatic heterocycles. The average molecular weight is 273 g/mol. The third kappa shape index (κ3) is 2.05. The van der Waals surface area contributed by atoms with Gasteiger partial charge in [-0.3, -0.25) is 0 Å². The molecule has 0 aliphatic heterocycles. The molecular formula is C20H19N. The standard InChI is InChI=1S/C20H19N/c1-21-20-12-11-18-17(7-4-8-19(18)20)16-10-9-14-5-2-3-6-15(14)13-16/h2-10,13,20-21H,11-12H2,1H3. The molecule has 1 aliphatic carbocycles. The molecule has 1 unspecified atom stereocenters. The van der Waals surface area contributed by atoms with Crippen molar-refractivity contribution in [2.75, 3.05) is 7.05 Å². The smallest absolute Gasteiger partial charge is 0.0323 e.